The number of fused-ring (bicyclic) bond motifs is 1. The zero-order valence-electron chi connectivity index (χ0n) is 6.40. The molecule has 0 aliphatic carbocycles. The highest BCUT2D eigenvalue weighted by Gasteiger charge is 2.05. The molecule has 0 aliphatic heterocycles. The Balaban J connectivity index is 2.97. The lowest BCUT2D eigenvalue weighted by Gasteiger charge is -2.01. The van der Waals surface area contributed by atoms with Crippen molar-refractivity contribution < 1.29 is 0 Å². The lowest BCUT2D eigenvalue weighted by molar-refractivity contribution is 1.49. The molecule has 0 unspecified atom stereocenters. The minimum Gasteiger partial charge on any atom is -0.143 e. The van der Waals surface area contributed by atoms with E-state index in [0.29, 0.717) is 0 Å². The normalized spacial score (nSPS) is 10.9. The number of halogens is 2. The van der Waals surface area contributed by atoms with E-state index >= 15 is 0 Å². The summed E-state index contributed by atoms with van der Waals surface area (Å²) >= 11 is 6.63. The second-order valence-electron chi connectivity index (χ2n) is 2.63. The maximum Gasteiger partial charge on any atom is 0.0393 e. The number of rotatable bonds is 0. The largest absolute Gasteiger partial charge is 0.143 e. The van der Waals surface area contributed by atoms with Gasteiger partial charge in [0, 0.05) is 17.2 Å². The van der Waals surface area contributed by atoms with Crippen LogP contribution in [0.3, 0.4) is 0 Å². The topological polar surface area (TPSA) is 0 Å². The van der Waals surface area contributed by atoms with Gasteiger partial charge in [0.1, 0.15) is 0 Å². The van der Waals surface area contributed by atoms with Crippen molar-refractivity contribution in [3.05, 3.63) is 30.2 Å². The van der Waals surface area contributed by atoms with Crippen molar-refractivity contribution >= 4 is 66.6 Å². The molecule has 62 valence electrons. The Kier molecular flexibility index (Phi) is 2.62. The van der Waals surface area contributed by atoms with Gasteiger partial charge in [-0.15, -0.1) is 11.3 Å². The average molecular weight is 400 g/mol. The van der Waals surface area contributed by atoms with E-state index in [4.69, 9.17) is 0 Å². The van der Waals surface area contributed by atoms with E-state index in [1.165, 1.54) is 22.8 Å². The Morgan fingerprint density at radius 3 is 2.75 bits per heavy atom. The maximum absolute atomic E-state index is 2.40. The number of hydrogen-bond donors (Lipinski definition) is 0. The fraction of sp³-hybridized carbons (Fsp3) is 0.111. The molecule has 2 aromatic rings. The smallest absolute Gasteiger partial charge is 0.0393 e. The van der Waals surface area contributed by atoms with Crippen LogP contribution in [0, 0.1) is 14.1 Å². The first kappa shape index (κ1) is 9.21. The van der Waals surface area contributed by atoms with Crippen LogP contribution in [0.15, 0.2) is 17.5 Å². The van der Waals surface area contributed by atoms with Crippen molar-refractivity contribution in [1.82, 2.24) is 0 Å². The fourth-order valence-electron chi connectivity index (χ4n) is 1.19. The van der Waals surface area contributed by atoms with E-state index in [9.17, 15) is 0 Å². The van der Waals surface area contributed by atoms with Crippen LogP contribution >= 0.6 is 56.5 Å². The Bertz CT molecular complexity index is 431. The number of aryl methyl sites for hydroxylation is 1. The van der Waals surface area contributed by atoms with Gasteiger partial charge in [-0.25, -0.2) is 0 Å². The van der Waals surface area contributed by atoms with Gasteiger partial charge in [0.05, 0.1) is 0 Å². The first-order chi connectivity index (χ1) is 5.70. The zero-order valence-corrected chi connectivity index (χ0v) is 11.5. The van der Waals surface area contributed by atoms with E-state index in [1.807, 2.05) is 11.3 Å². The molecule has 0 radical (unpaired) electrons. The van der Waals surface area contributed by atoms with Crippen molar-refractivity contribution in [1.29, 1.82) is 0 Å². The molecule has 0 bridgehead atoms. The molecule has 0 amide bonds. The Labute approximate surface area is 103 Å². The molecule has 0 spiro atoms. The second-order valence-corrected chi connectivity index (χ2v) is 5.87. The lowest BCUT2D eigenvalue weighted by Crippen LogP contribution is -1.82. The van der Waals surface area contributed by atoms with Crippen molar-refractivity contribution in [3.8, 4) is 0 Å². The molecule has 0 N–H and O–H groups in total. The van der Waals surface area contributed by atoms with Gasteiger partial charge in [-0.3, -0.25) is 0 Å². The van der Waals surface area contributed by atoms with Gasteiger partial charge >= 0.3 is 0 Å². The standard InChI is InChI=1S/C9H6I2S/c1-5-7(10)4-8(11)6-2-3-12-9(5)6/h2-4H,1H3. The van der Waals surface area contributed by atoms with Gasteiger partial charge in [0.25, 0.3) is 0 Å². The molecule has 1 heterocycles. The van der Waals surface area contributed by atoms with Crippen molar-refractivity contribution in [2.24, 2.45) is 0 Å². The molecule has 0 aliphatic rings. The van der Waals surface area contributed by atoms with Gasteiger partial charge in [-0.2, -0.15) is 0 Å². The maximum atomic E-state index is 2.40. The lowest BCUT2D eigenvalue weighted by atomic mass is 10.2. The SMILES string of the molecule is Cc1c(I)cc(I)c2ccsc12. The summed E-state index contributed by atoms with van der Waals surface area (Å²) in [4.78, 5) is 0. The number of hydrogen-bond acceptors (Lipinski definition) is 1. The van der Waals surface area contributed by atoms with Crippen molar-refractivity contribution in [3.63, 3.8) is 0 Å². The summed E-state index contributed by atoms with van der Waals surface area (Å²) in [5.41, 5.74) is 1.42. The third-order valence-corrected chi connectivity index (χ3v) is 4.92. The molecular formula is C9H6I2S. The molecule has 12 heavy (non-hydrogen) atoms. The quantitative estimate of drug-likeness (QED) is 0.575. The third kappa shape index (κ3) is 1.39. The molecule has 0 saturated carbocycles. The molecular weight excluding hydrogens is 394 g/mol. The van der Waals surface area contributed by atoms with Crippen LogP contribution in [-0.2, 0) is 0 Å². The minimum absolute atomic E-state index is 1.36. The van der Waals surface area contributed by atoms with Gasteiger partial charge in [0.15, 0.2) is 0 Å². The van der Waals surface area contributed by atoms with E-state index in [1.54, 1.807) is 0 Å². The summed E-state index contributed by atoms with van der Waals surface area (Å²) < 4.78 is 4.16. The monoisotopic (exact) mass is 400 g/mol. The van der Waals surface area contributed by atoms with Gasteiger partial charge in [-0.1, -0.05) is 0 Å². The van der Waals surface area contributed by atoms with Crippen LogP contribution in [0.1, 0.15) is 5.56 Å². The molecule has 1 aromatic carbocycles. The molecule has 3 heteroatoms. The highest BCUT2D eigenvalue weighted by molar-refractivity contribution is 14.1. The molecule has 2 rings (SSSR count). The predicted molar refractivity (Wildman–Crippen MR) is 72.0 cm³/mol. The minimum atomic E-state index is 1.36. The summed E-state index contributed by atoms with van der Waals surface area (Å²) in [6.45, 7) is 2.19. The van der Waals surface area contributed by atoms with E-state index in [2.05, 4.69) is 69.6 Å². The Morgan fingerprint density at radius 1 is 1.25 bits per heavy atom. The summed E-state index contributed by atoms with van der Waals surface area (Å²) in [6.07, 6.45) is 0. The zero-order chi connectivity index (χ0) is 8.72. The second kappa shape index (κ2) is 3.42. The summed E-state index contributed by atoms with van der Waals surface area (Å²) in [5, 5.41) is 3.56. The molecule has 0 saturated heterocycles. The van der Waals surface area contributed by atoms with Crippen LogP contribution in [0.2, 0.25) is 0 Å². The molecule has 0 fully saturated rings. The van der Waals surface area contributed by atoms with E-state index in [-0.39, 0.29) is 0 Å². The van der Waals surface area contributed by atoms with Crippen LogP contribution in [-0.4, -0.2) is 0 Å². The van der Waals surface area contributed by atoms with Crippen LogP contribution in [0.25, 0.3) is 10.1 Å². The first-order valence-electron chi connectivity index (χ1n) is 3.52. The predicted octanol–water partition coefficient (Wildman–Crippen LogP) is 4.42. The van der Waals surface area contributed by atoms with Gasteiger partial charge in [0.2, 0.25) is 0 Å². The van der Waals surface area contributed by atoms with Crippen molar-refractivity contribution in [2.45, 2.75) is 6.92 Å². The van der Waals surface area contributed by atoms with Crippen LogP contribution in [0.5, 0.6) is 0 Å². The summed E-state index contributed by atoms with van der Waals surface area (Å²) in [6, 6.07) is 4.44. The first-order valence-corrected chi connectivity index (χ1v) is 6.55. The molecule has 1 aromatic heterocycles. The number of benzene rings is 1. The summed E-state index contributed by atoms with van der Waals surface area (Å²) in [7, 11) is 0. The van der Waals surface area contributed by atoms with Gasteiger partial charge < -0.3 is 0 Å². The Morgan fingerprint density at radius 2 is 2.00 bits per heavy atom. The highest BCUT2D eigenvalue weighted by Crippen LogP contribution is 2.31. The average Bonchev–Trinajstić information content (AvgIpc) is 2.48. The van der Waals surface area contributed by atoms with Crippen LogP contribution in [0.4, 0.5) is 0 Å². The fourth-order valence-corrected chi connectivity index (χ4v) is 4.43. The van der Waals surface area contributed by atoms with E-state index in [0.717, 1.165) is 0 Å². The Hall–Kier alpha value is 0.640. The molecule has 0 atom stereocenters. The summed E-state index contributed by atoms with van der Waals surface area (Å²) in [5.74, 6) is 0. The molecule has 0 nitrogen and oxygen atoms in total. The van der Waals surface area contributed by atoms with Crippen LogP contribution < -0.4 is 0 Å². The van der Waals surface area contributed by atoms with Crippen molar-refractivity contribution in [2.75, 3.05) is 0 Å². The van der Waals surface area contributed by atoms with E-state index < -0.39 is 0 Å². The highest BCUT2D eigenvalue weighted by atomic mass is 127. The van der Waals surface area contributed by atoms with Gasteiger partial charge in [-0.05, 0) is 75.2 Å². The third-order valence-electron chi connectivity index (χ3n) is 1.87. The number of thiophene rings is 1.